The molecule has 0 aromatic heterocycles. The molecule has 5 heteroatoms. The van der Waals surface area contributed by atoms with Gasteiger partial charge in [-0.1, -0.05) is 0 Å². The molecule has 64 valence electrons. The molecule has 0 fully saturated rings. The number of aromatic hydroxyl groups is 2. The summed E-state index contributed by atoms with van der Waals surface area (Å²) in [7, 11) is 0. The summed E-state index contributed by atoms with van der Waals surface area (Å²) in [6.45, 7) is 0. The Labute approximate surface area is 66.5 Å². The van der Waals surface area contributed by atoms with Gasteiger partial charge in [-0.15, -0.1) is 0 Å². The topological polar surface area (TPSA) is 77.8 Å². The van der Waals surface area contributed by atoms with E-state index in [4.69, 9.17) is 15.3 Å². The minimum absolute atomic E-state index is 0.659. The Hall–Kier alpha value is -1.78. The molecule has 3 N–H and O–H groups in total. The molecule has 0 unspecified atom stereocenters. The van der Waals surface area contributed by atoms with Gasteiger partial charge in [0.25, 0.3) is 0 Å². The molecule has 0 aliphatic heterocycles. The summed E-state index contributed by atoms with van der Waals surface area (Å²) in [4.78, 5) is 10.3. The van der Waals surface area contributed by atoms with E-state index in [-0.39, 0.29) is 0 Å². The van der Waals surface area contributed by atoms with E-state index in [0.29, 0.717) is 0 Å². The molecule has 0 atom stereocenters. The number of carboxylic acids is 1. The summed E-state index contributed by atoms with van der Waals surface area (Å²) in [5.74, 6) is -4.32. The average Bonchev–Trinajstić information content (AvgIpc) is 1.97. The van der Waals surface area contributed by atoms with Crippen LogP contribution in [0.3, 0.4) is 0 Å². The van der Waals surface area contributed by atoms with Crippen molar-refractivity contribution < 1.29 is 24.5 Å². The van der Waals surface area contributed by atoms with Crippen LogP contribution in [-0.2, 0) is 0 Å². The van der Waals surface area contributed by atoms with E-state index in [1.165, 1.54) is 0 Å². The lowest BCUT2D eigenvalue weighted by molar-refractivity contribution is 0.0687. The standard InChI is InChI=1S/C7H5FO4/c8-3-1-2-4(9)6(10)5(3)7(11)12/h1-2,9-10H,(H,11,12). The number of benzene rings is 1. The highest BCUT2D eigenvalue weighted by Crippen LogP contribution is 2.30. The predicted octanol–water partition coefficient (Wildman–Crippen LogP) is 0.935. The molecule has 1 rings (SSSR count). The van der Waals surface area contributed by atoms with Gasteiger partial charge in [0, 0.05) is 0 Å². The quantitative estimate of drug-likeness (QED) is 0.551. The van der Waals surface area contributed by atoms with Crippen LogP contribution in [0.15, 0.2) is 12.1 Å². The number of aromatic carboxylic acids is 1. The second-order valence-electron chi connectivity index (χ2n) is 2.10. The fourth-order valence-electron chi connectivity index (χ4n) is 0.759. The Bertz CT molecular complexity index is 334. The Balaban J connectivity index is 3.43. The second-order valence-corrected chi connectivity index (χ2v) is 2.10. The van der Waals surface area contributed by atoms with Crippen molar-refractivity contribution in [2.45, 2.75) is 0 Å². The van der Waals surface area contributed by atoms with E-state index in [2.05, 4.69) is 0 Å². The molecule has 12 heavy (non-hydrogen) atoms. The number of halogens is 1. The Morgan fingerprint density at radius 2 is 1.92 bits per heavy atom. The zero-order valence-corrected chi connectivity index (χ0v) is 5.78. The number of hydrogen-bond donors (Lipinski definition) is 3. The summed E-state index contributed by atoms with van der Waals surface area (Å²) in [6, 6.07) is 1.63. The highest BCUT2D eigenvalue weighted by molar-refractivity contribution is 5.92. The number of carboxylic acid groups (broad SMARTS) is 1. The maximum atomic E-state index is 12.6. The smallest absolute Gasteiger partial charge is 0.342 e. The lowest BCUT2D eigenvalue weighted by atomic mass is 10.2. The first kappa shape index (κ1) is 8.32. The SMILES string of the molecule is O=C(O)c1c(F)ccc(O)c1O. The summed E-state index contributed by atoms with van der Waals surface area (Å²) in [5, 5.41) is 26.0. The molecule has 0 aliphatic rings. The lowest BCUT2D eigenvalue weighted by Crippen LogP contribution is -2.00. The summed E-state index contributed by atoms with van der Waals surface area (Å²) >= 11 is 0. The van der Waals surface area contributed by atoms with Crippen LogP contribution >= 0.6 is 0 Å². The molecule has 1 aromatic rings. The van der Waals surface area contributed by atoms with Crippen molar-refractivity contribution >= 4 is 5.97 Å². The largest absolute Gasteiger partial charge is 0.504 e. The number of phenols is 2. The Morgan fingerprint density at radius 1 is 1.33 bits per heavy atom. The van der Waals surface area contributed by atoms with Crippen LogP contribution in [0.1, 0.15) is 10.4 Å². The van der Waals surface area contributed by atoms with E-state index in [9.17, 15) is 9.18 Å². The molecule has 0 radical (unpaired) electrons. The summed E-state index contributed by atoms with van der Waals surface area (Å²) in [5.41, 5.74) is -0.921. The van der Waals surface area contributed by atoms with Crippen molar-refractivity contribution in [3.8, 4) is 11.5 Å². The van der Waals surface area contributed by atoms with Crippen molar-refractivity contribution in [1.29, 1.82) is 0 Å². The third-order valence-corrected chi connectivity index (χ3v) is 1.32. The van der Waals surface area contributed by atoms with Crippen molar-refractivity contribution in [2.24, 2.45) is 0 Å². The molecule has 0 amide bonds. The number of carbonyl (C=O) groups is 1. The zero-order valence-electron chi connectivity index (χ0n) is 5.78. The molecule has 0 heterocycles. The molecule has 0 spiro atoms. The van der Waals surface area contributed by atoms with Gasteiger partial charge in [-0.3, -0.25) is 0 Å². The van der Waals surface area contributed by atoms with E-state index in [1.807, 2.05) is 0 Å². The van der Waals surface area contributed by atoms with E-state index < -0.39 is 28.8 Å². The highest BCUT2D eigenvalue weighted by atomic mass is 19.1. The van der Waals surface area contributed by atoms with Gasteiger partial charge in [-0.2, -0.15) is 0 Å². The molecule has 0 aliphatic carbocycles. The van der Waals surface area contributed by atoms with Crippen molar-refractivity contribution in [2.75, 3.05) is 0 Å². The van der Waals surface area contributed by atoms with Gasteiger partial charge in [-0.25, -0.2) is 9.18 Å². The third-order valence-electron chi connectivity index (χ3n) is 1.32. The van der Waals surface area contributed by atoms with Crippen molar-refractivity contribution in [1.82, 2.24) is 0 Å². The fourth-order valence-corrected chi connectivity index (χ4v) is 0.759. The Morgan fingerprint density at radius 3 is 2.33 bits per heavy atom. The van der Waals surface area contributed by atoms with Gasteiger partial charge in [0.1, 0.15) is 11.4 Å². The van der Waals surface area contributed by atoms with Crippen LogP contribution in [0.25, 0.3) is 0 Å². The van der Waals surface area contributed by atoms with Crippen LogP contribution in [0, 0.1) is 5.82 Å². The van der Waals surface area contributed by atoms with Crippen LogP contribution < -0.4 is 0 Å². The van der Waals surface area contributed by atoms with E-state index >= 15 is 0 Å². The van der Waals surface area contributed by atoms with Crippen LogP contribution in [0.5, 0.6) is 11.5 Å². The first-order chi connectivity index (χ1) is 5.54. The summed E-state index contributed by atoms with van der Waals surface area (Å²) < 4.78 is 12.6. The third kappa shape index (κ3) is 1.16. The first-order valence-electron chi connectivity index (χ1n) is 2.97. The molecule has 4 nitrogen and oxygen atoms in total. The van der Waals surface area contributed by atoms with Crippen LogP contribution in [0.4, 0.5) is 4.39 Å². The molecular weight excluding hydrogens is 167 g/mol. The maximum absolute atomic E-state index is 12.6. The predicted molar refractivity (Wildman–Crippen MR) is 36.7 cm³/mol. The molecule has 0 bridgehead atoms. The number of hydrogen-bond acceptors (Lipinski definition) is 3. The zero-order chi connectivity index (χ0) is 9.30. The fraction of sp³-hybridized carbons (Fsp3) is 0. The normalized spacial score (nSPS) is 9.75. The van der Waals surface area contributed by atoms with Gasteiger partial charge in [0.15, 0.2) is 11.5 Å². The molecule has 1 aromatic carbocycles. The van der Waals surface area contributed by atoms with Gasteiger partial charge >= 0.3 is 5.97 Å². The monoisotopic (exact) mass is 172 g/mol. The first-order valence-corrected chi connectivity index (χ1v) is 2.97. The maximum Gasteiger partial charge on any atom is 0.342 e. The van der Waals surface area contributed by atoms with Crippen LogP contribution in [0.2, 0.25) is 0 Å². The second kappa shape index (κ2) is 2.69. The molecule has 0 saturated heterocycles. The minimum Gasteiger partial charge on any atom is -0.504 e. The summed E-state index contributed by atoms with van der Waals surface area (Å²) in [6.07, 6.45) is 0. The Kier molecular flexibility index (Phi) is 1.86. The number of phenolic OH excluding ortho intramolecular Hbond substituents is 1. The van der Waals surface area contributed by atoms with Gasteiger partial charge < -0.3 is 15.3 Å². The highest BCUT2D eigenvalue weighted by Gasteiger charge is 2.18. The van der Waals surface area contributed by atoms with Crippen molar-refractivity contribution in [3.05, 3.63) is 23.5 Å². The van der Waals surface area contributed by atoms with Crippen LogP contribution in [-0.4, -0.2) is 21.3 Å². The van der Waals surface area contributed by atoms with E-state index in [0.717, 1.165) is 12.1 Å². The van der Waals surface area contributed by atoms with Gasteiger partial charge in [-0.05, 0) is 12.1 Å². The van der Waals surface area contributed by atoms with Gasteiger partial charge in [0.05, 0.1) is 0 Å². The average molecular weight is 172 g/mol. The van der Waals surface area contributed by atoms with Gasteiger partial charge in [0.2, 0.25) is 0 Å². The number of rotatable bonds is 1. The van der Waals surface area contributed by atoms with E-state index in [1.54, 1.807) is 0 Å². The lowest BCUT2D eigenvalue weighted by Gasteiger charge is -2.01. The molecule has 0 saturated carbocycles. The van der Waals surface area contributed by atoms with Crippen molar-refractivity contribution in [3.63, 3.8) is 0 Å². The minimum atomic E-state index is -1.62. The molecular formula is C7H5FO4.